The summed E-state index contributed by atoms with van der Waals surface area (Å²) in [5, 5.41) is 31.8. The number of rotatable bonds is 11. The first kappa shape index (κ1) is 41.5. The number of aryl methyl sites for hydroxylation is 1. The number of hydrogen-bond donors (Lipinski definition) is 4. The number of nitrogens with zero attached hydrogens (tertiary/aromatic N) is 5. The van der Waals surface area contributed by atoms with Crippen LogP contribution in [-0.4, -0.2) is 65.5 Å². The molecule has 0 unspecified atom stereocenters. The van der Waals surface area contributed by atoms with E-state index in [1.165, 1.54) is 0 Å². The average Bonchev–Trinajstić information content (AvgIpc) is 4.11. The molecule has 0 radical (unpaired) electrons. The predicted molar refractivity (Wildman–Crippen MR) is 230 cm³/mol. The highest BCUT2D eigenvalue weighted by atomic mass is 16.5. The highest BCUT2D eigenvalue weighted by Crippen LogP contribution is 2.31. The molecule has 2 aliphatic heterocycles. The predicted octanol–water partition coefficient (Wildman–Crippen LogP) is 6.31. The molecule has 15 nitrogen and oxygen atoms in total. The van der Waals surface area contributed by atoms with Crippen molar-refractivity contribution in [2.24, 2.45) is 0 Å². The van der Waals surface area contributed by atoms with Gasteiger partial charge in [0, 0.05) is 67.1 Å². The summed E-state index contributed by atoms with van der Waals surface area (Å²) >= 11 is 0. The Bertz CT molecular complexity index is 2680. The lowest BCUT2D eigenvalue weighted by Crippen LogP contribution is -2.42. The lowest BCUT2D eigenvalue weighted by molar-refractivity contribution is -0.123. The average molecular weight is 820 g/mol. The van der Waals surface area contributed by atoms with Crippen LogP contribution in [0.2, 0.25) is 0 Å². The van der Waals surface area contributed by atoms with Crippen LogP contribution in [-0.2, 0) is 32.3 Å². The summed E-state index contributed by atoms with van der Waals surface area (Å²) in [7, 11) is 3.27. The van der Waals surface area contributed by atoms with E-state index in [1.54, 1.807) is 90.4 Å². The van der Waals surface area contributed by atoms with Gasteiger partial charge in [0.15, 0.2) is 0 Å². The Morgan fingerprint density at radius 1 is 0.803 bits per heavy atom. The van der Waals surface area contributed by atoms with Gasteiger partial charge in [-0.25, -0.2) is 0 Å². The molecule has 4 heterocycles. The molecule has 8 rings (SSSR count). The second-order valence-corrected chi connectivity index (χ2v) is 14.7. The Labute approximate surface area is 352 Å². The van der Waals surface area contributed by atoms with Crippen LogP contribution in [0.1, 0.15) is 43.7 Å². The second kappa shape index (κ2) is 18.5. The Morgan fingerprint density at radius 2 is 1.38 bits per heavy atom. The molecular weight excluding hydrogens is 775 g/mol. The first-order chi connectivity index (χ1) is 29.6. The Balaban J connectivity index is 0.000000184. The van der Waals surface area contributed by atoms with Gasteiger partial charge in [0.05, 0.1) is 22.7 Å². The van der Waals surface area contributed by atoms with Gasteiger partial charge in [-0.2, -0.15) is 10.5 Å². The molecule has 0 saturated carbocycles. The number of ether oxygens (including phenoxy) is 2. The normalized spacial score (nSPS) is 15.5. The monoisotopic (exact) mass is 819 g/mol. The zero-order valence-electron chi connectivity index (χ0n) is 34.0. The molecule has 310 valence electrons. The molecule has 2 aromatic heterocycles. The number of nitriles is 2. The van der Waals surface area contributed by atoms with E-state index in [4.69, 9.17) is 9.47 Å². The van der Waals surface area contributed by atoms with E-state index in [0.29, 0.717) is 52.7 Å². The van der Waals surface area contributed by atoms with Gasteiger partial charge in [0.25, 0.3) is 0 Å². The molecule has 4 aromatic carbocycles. The minimum atomic E-state index is -0.463. The molecule has 2 atom stereocenters. The number of carbonyl (C=O) groups is 4. The number of nitrogens with one attached hydrogen (secondary N) is 4. The van der Waals surface area contributed by atoms with Crippen LogP contribution in [0.3, 0.4) is 0 Å². The third kappa shape index (κ3) is 9.49. The number of benzene rings is 4. The summed E-state index contributed by atoms with van der Waals surface area (Å²) in [6.45, 7) is 3.84. The number of fused-ring (bicyclic) bond motifs is 2. The molecule has 2 fully saturated rings. The van der Waals surface area contributed by atoms with Gasteiger partial charge in [-0.3, -0.25) is 19.2 Å². The maximum Gasteiger partial charge on any atom is 0.249 e. The minimum absolute atomic E-state index is 0.0260. The maximum absolute atomic E-state index is 12.5. The second-order valence-electron chi connectivity index (χ2n) is 14.7. The molecule has 0 aliphatic carbocycles. The summed E-state index contributed by atoms with van der Waals surface area (Å²) in [5.74, 6) is 2.06. The standard InChI is InChI=1S/C23H23N5O3.C23H22N4O3/c1-25-22(29)14-28-13-15(12-24)19-11-18(8-9-21(19)28)31-17-6-4-16(5-7-17)27-23(30)20-3-2-10-26-20;1-3-27-14-15(13-24)19-12-18(8-10-21(19)27)30-17-6-4-16(5-7-17)26(2)23(29)20-9-11-22(28)25-20/h4-9,11,13,20,26H,2-3,10,14H2,1H3,(H,25,29)(H,27,30);4-8,10,12,14,20H,3,9,11H2,1-2H3,(H,25,28)/t2*20-/m00/s1. The van der Waals surface area contributed by atoms with E-state index in [2.05, 4.69) is 33.4 Å². The smallest absolute Gasteiger partial charge is 0.249 e. The highest BCUT2D eigenvalue weighted by Gasteiger charge is 2.30. The molecular formula is C46H45N9O6. The number of anilines is 2. The number of carbonyl (C=O) groups excluding carboxylic acids is 4. The van der Waals surface area contributed by atoms with Gasteiger partial charge in [-0.1, -0.05) is 0 Å². The summed E-state index contributed by atoms with van der Waals surface area (Å²) in [5.41, 5.74) is 4.30. The molecule has 0 spiro atoms. The van der Waals surface area contributed by atoms with Gasteiger partial charge in [-0.05, 0) is 118 Å². The van der Waals surface area contributed by atoms with Crippen molar-refractivity contribution in [1.29, 1.82) is 10.5 Å². The van der Waals surface area contributed by atoms with Crippen molar-refractivity contribution in [3.63, 3.8) is 0 Å². The van der Waals surface area contributed by atoms with Gasteiger partial charge in [0.2, 0.25) is 23.6 Å². The number of amides is 4. The molecule has 15 heteroatoms. The molecule has 6 aromatic rings. The summed E-state index contributed by atoms with van der Waals surface area (Å²) in [6.07, 6.45) is 6.29. The van der Waals surface area contributed by atoms with E-state index in [9.17, 15) is 29.7 Å². The van der Waals surface area contributed by atoms with Crippen LogP contribution in [0.15, 0.2) is 97.3 Å². The summed E-state index contributed by atoms with van der Waals surface area (Å²) in [4.78, 5) is 49.4. The lowest BCUT2D eigenvalue weighted by Gasteiger charge is -2.21. The fourth-order valence-corrected chi connectivity index (χ4v) is 7.40. The van der Waals surface area contributed by atoms with Crippen LogP contribution >= 0.6 is 0 Å². The fraction of sp³-hybridized carbons (Fsp3) is 0.261. The van der Waals surface area contributed by atoms with E-state index in [-0.39, 0.29) is 36.2 Å². The third-order valence-electron chi connectivity index (χ3n) is 10.7. The minimum Gasteiger partial charge on any atom is -0.457 e. The maximum atomic E-state index is 12.5. The van der Waals surface area contributed by atoms with Crippen LogP contribution in [0.5, 0.6) is 23.0 Å². The quantitative estimate of drug-likeness (QED) is 0.116. The van der Waals surface area contributed by atoms with Crippen molar-refractivity contribution < 1.29 is 28.7 Å². The van der Waals surface area contributed by atoms with E-state index in [0.717, 1.165) is 53.4 Å². The van der Waals surface area contributed by atoms with Crippen molar-refractivity contribution in [1.82, 2.24) is 25.1 Å². The first-order valence-electron chi connectivity index (χ1n) is 20.0. The Kier molecular flexibility index (Phi) is 12.6. The molecule has 4 amide bonds. The van der Waals surface area contributed by atoms with Gasteiger partial charge in [0.1, 0.15) is 47.7 Å². The molecule has 2 aliphatic rings. The van der Waals surface area contributed by atoms with Crippen LogP contribution < -0.4 is 35.6 Å². The van der Waals surface area contributed by atoms with Crippen molar-refractivity contribution in [3.8, 4) is 35.1 Å². The molecule has 2 saturated heterocycles. The SMILES string of the molecule is CCn1cc(C#N)c2cc(Oc3ccc(N(C)C(=O)[C@@H]4CCC(=O)N4)cc3)ccc21.CNC(=O)Cn1cc(C#N)c2cc(Oc3ccc(NC(=O)[C@@H]4CCCN4)cc3)ccc21. The van der Waals surface area contributed by atoms with E-state index < -0.39 is 6.04 Å². The number of hydrogen-bond acceptors (Lipinski definition) is 9. The van der Waals surface area contributed by atoms with E-state index >= 15 is 0 Å². The number of aromatic nitrogens is 2. The van der Waals surface area contributed by atoms with Crippen molar-refractivity contribution in [3.05, 3.63) is 108 Å². The Hall–Kier alpha value is -7.62. The first-order valence-corrected chi connectivity index (χ1v) is 20.0. The number of likely N-dealkylation sites (N-methyl/N-ethyl adjacent to an activating group) is 2. The lowest BCUT2D eigenvalue weighted by atomic mass is 10.2. The zero-order valence-corrected chi connectivity index (χ0v) is 34.0. The topological polar surface area (TPSA) is 196 Å². The fourth-order valence-electron chi connectivity index (χ4n) is 7.40. The zero-order chi connectivity index (χ0) is 43.0. The summed E-state index contributed by atoms with van der Waals surface area (Å²) < 4.78 is 15.7. The molecule has 4 N–H and O–H groups in total. The van der Waals surface area contributed by atoms with E-state index in [1.807, 2.05) is 42.0 Å². The molecule has 0 bridgehead atoms. The van der Waals surface area contributed by atoms with Crippen LogP contribution in [0.4, 0.5) is 11.4 Å². The van der Waals surface area contributed by atoms with Crippen molar-refractivity contribution in [2.45, 2.75) is 57.8 Å². The van der Waals surface area contributed by atoms with Crippen LogP contribution in [0, 0.1) is 22.7 Å². The molecule has 61 heavy (non-hydrogen) atoms. The Morgan fingerprint density at radius 3 is 1.90 bits per heavy atom. The largest absolute Gasteiger partial charge is 0.457 e. The van der Waals surface area contributed by atoms with Gasteiger partial charge in [-0.15, -0.1) is 0 Å². The van der Waals surface area contributed by atoms with Crippen molar-refractivity contribution in [2.75, 3.05) is 30.9 Å². The highest BCUT2D eigenvalue weighted by molar-refractivity contribution is 6.00. The third-order valence-corrected chi connectivity index (χ3v) is 10.7. The van der Waals surface area contributed by atoms with Gasteiger partial charge >= 0.3 is 0 Å². The van der Waals surface area contributed by atoms with Gasteiger partial charge < -0.3 is 44.8 Å². The summed E-state index contributed by atoms with van der Waals surface area (Å²) in [6, 6.07) is 29.3. The van der Waals surface area contributed by atoms with Crippen molar-refractivity contribution >= 4 is 56.8 Å². The van der Waals surface area contributed by atoms with Crippen LogP contribution in [0.25, 0.3) is 21.8 Å².